The second-order valence-corrected chi connectivity index (χ2v) is 5.01. The lowest BCUT2D eigenvalue weighted by atomic mass is 10.2. The van der Waals surface area contributed by atoms with Crippen LogP contribution in [0.2, 0.25) is 0 Å². The second-order valence-electron chi connectivity index (χ2n) is 5.01. The number of fused-ring (bicyclic) bond motifs is 1. The molecule has 0 fully saturated rings. The quantitative estimate of drug-likeness (QED) is 0.417. The first-order valence-electron chi connectivity index (χ1n) is 6.97. The van der Waals surface area contributed by atoms with Gasteiger partial charge in [0.05, 0.1) is 28.1 Å². The summed E-state index contributed by atoms with van der Waals surface area (Å²) in [5.74, 6) is 2.28. The van der Waals surface area contributed by atoms with Crippen molar-refractivity contribution in [2.45, 2.75) is 6.54 Å². The van der Waals surface area contributed by atoms with E-state index in [4.69, 9.17) is 6.42 Å². The molecule has 118 valence electrons. The van der Waals surface area contributed by atoms with Gasteiger partial charge < -0.3 is 0 Å². The maximum atomic E-state index is 12.7. The van der Waals surface area contributed by atoms with Crippen molar-refractivity contribution in [3.8, 4) is 18.0 Å². The highest BCUT2D eigenvalue weighted by atomic mass is 16.6. The Morgan fingerprint density at radius 2 is 1.88 bits per heavy atom. The fraction of sp³-hybridized carbons (Fsp3) is 0.0588. The Hall–Kier alpha value is -3.66. The van der Waals surface area contributed by atoms with Crippen LogP contribution in [-0.2, 0) is 6.54 Å². The van der Waals surface area contributed by atoms with E-state index in [2.05, 4.69) is 5.92 Å². The van der Waals surface area contributed by atoms with E-state index in [1.165, 1.54) is 22.8 Å². The molecule has 3 rings (SSSR count). The van der Waals surface area contributed by atoms with Crippen LogP contribution < -0.4 is 11.2 Å². The minimum Gasteiger partial charge on any atom is -0.268 e. The molecule has 0 aliphatic heterocycles. The van der Waals surface area contributed by atoms with Crippen LogP contribution in [0.15, 0.2) is 58.1 Å². The van der Waals surface area contributed by atoms with Crippen LogP contribution in [0.4, 0.5) is 5.69 Å². The molecule has 0 unspecified atom stereocenters. The molecule has 7 heteroatoms. The Morgan fingerprint density at radius 1 is 1.12 bits per heavy atom. The summed E-state index contributed by atoms with van der Waals surface area (Å²) in [7, 11) is 0. The molecule has 1 aromatic heterocycles. The van der Waals surface area contributed by atoms with Crippen LogP contribution in [0.25, 0.3) is 16.6 Å². The molecule has 0 saturated heterocycles. The fourth-order valence-electron chi connectivity index (χ4n) is 2.53. The number of hydrogen-bond acceptors (Lipinski definition) is 4. The van der Waals surface area contributed by atoms with Gasteiger partial charge in [-0.25, -0.2) is 9.36 Å². The molecule has 0 radical (unpaired) electrons. The number of benzene rings is 2. The predicted molar refractivity (Wildman–Crippen MR) is 89.3 cm³/mol. The molecule has 0 spiro atoms. The summed E-state index contributed by atoms with van der Waals surface area (Å²) < 4.78 is 2.18. The summed E-state index contributed by atoms with van der Waals surface area (Å²) in [6, 6.07) is 12.2. The smallest absolute Gasteiger partial charge is 0.268 e. The van der Waals surface area contributed by atoms with Crippen LogP contribution in [0.5, 0.6) is 0 Å². The van der Waals surface area contributed by atoms with Gasteiger partial charge in [0.25, 0.3) is 11.2 Å². The Morgan fingerprint density at radius 3 is 2.58 bits per heavy atom. The highest BCUT2D eigenvalue weighted by Crippen LogP contribution is 2.18. The molecule has 24 heavy (non-hydrogen) atoms. The Bertz CT molecular complexity index is 1120. The van der Waals surface area contributed by atoms with E-state index in [0.717, 1.165) is 4.57 Å². The van der Waals surface area contributed by atoms with Crippen molar-refractivity contribution in [3.05, 3.63) is 79.5 Å². The van der Waals surface area contributed by atoms with Crippen molar-refractivity contribution >= 4 is 16.6 Å². The van der Waals surface area contributed by atoms with E-state index in [-0.39, 0.29) is 17.9 Å². The lowest BCUT2D eigenvalue weighted by molar-refractivity contribution is -0.384. The van der Waals surface area contributed by atoms with Crippen LogP contribution in [0, 0.1) is 22.5 Å². The number of nitro groups is 1. The zero-order valence-electron chi connectivity index (χ0n) is 12.4. The van der Waals surface area contributed by atoms with Gasteiger partial charge in [-0.05, 0) is 18.2 Å². The van der Waals surface area contributed by atoms with E-state index in [9.17, 15) is 19.7 Å². The minimum atomic E-state index is -0.642. The summed E-state index contributed by atoms with van der Waals surface area (Å²) >= 11 is 0. The fourth-order valence-corrected chi connectivity index (χ4v) is 2.53. The number of aromatic nitrogens is 2. The maximum absolute atomic E-state index is 12.7. The lowest BCUT2D eigenvalue weighted by Gasteiger charge is -2.12. The van der Waals surface area contributed by atoms with E-state index in [1.807, 2.05) is 0 Å². The minimum absolute atomic E-state index is 0.154. The first kappa shape index (κ1) is 15.2. The first-order valence-corrected chi connectivity index (χ1v) is 6.97. The van der Waals surface area contributed by atoms with Crippen molar-refractivity contribution in [1.82, 2.24) is 9.13 Å². The Balaban J connectivity index is 2.46. The molecule has 0 aliphatic rings. The molecular weight excluding hydrogens is 310 g/mol. The molecule has 0 amide bonds. The predicted octanol–water partition coefficient (Wildman–Crippen LogP) is 1.69. The SMILES string of the molecule is C#CCn1c(=O)c2ccccc2n(-c2cccc([N+](=O)[O-])c2)c1=O. The van der Waals surface area contributed by atoms with Gasteiger partial charge >= 0.3 is 5.69 Å². The zero-order valence-corrected chi connectivity index (χ0v) is 12.4. The lowest BCUT2D eigenvalue weighted by Crippen LogP contribution is -2.39. The average molecular weight is 321 g/mol. The maximum Gasteiger partial charge on any atom is 0.336 e. The topological polar surface area (TPSA) is 87.1 Å². The van der Waals surface area contributed by atoms with Crippen molar-refractivity contribution in [2.75, 3.05) is 0 Å². The first-order chi connectivity index (χ1) is 11.5. The Labute approximate surface area is 135 Å². The molecular formula is C17H11N3O4. The van der Waals surface area contributed by atoms with Crippen LogP contribution >= 0.6 is 0 Å². The molecule has 3 aromatic rings. The highest BCUT2D eigenvalue weighted by molar-refractivity contribution is 5.79. The molecule has 2 aromatic carbocycles. The highest BCUT2D eigenvalue weighted by Gasteiger charge is 2.15. The summed E-state index contributed by atoms with van der Waals surface area (Å²) in [5, 5.41) is 11.3. The molecule has 0 saturated carbocycles. The van der Waals surface area contributed by atoms with Crippen LogP contribution in [-0.4, -0.2) is 14.1 Å². The zero-order chi connectivity index (χ0) is 17.3. The van der Waals surface area contributed by atoms with Gasteiger partial charge in [-0.3, -0.25) is 19.5 Å². The number of non-ortho nitro benzene ring substituents is 1. The summed E-state index contributed by atoms with van der Waals surface area (Å²) in [5.41, 5.74) is -0.636. The van der Waals surface area contributed by atoms with E-state index < -0.39 is 16.2 Å². The normalized spacial score (nSPS) is 10.5. The molecule has 0 bridgehead atoms. The number of nitrogens with zero attached hydrogens (tertiary/aromatic N) is 3. The van der Waals surface area contributed by atoms with E-state index in [1.54, 1.807) is 30.3 Å². The van der Waals surface area contributed by atoms with Gasteiger partial charge in [0.2, 0.25) is 0 Å². The number of rotatable bonds is 3. The van der Waals surface area contributed by atoms with E-state index in [0.29, 0.717) is 10.9 Å². The van der Waals surface area contributed by atoms with Crippen LogP contribution in [0.3, 0.4) is 0 Å². The summed E-state index contributed by atoms with van der Waals surface area (Å²) in [6.07, 6.45) is 5.25. The molecule has 1 heterocycles. The molecule has 0 atom stereocenters. The third-order valence-electron chi connectivity index (χ3n) is 3.59. The van der Waals surface area contributed by atoms with Gasteiger partial charge in [0.1, 0.15) is 0 Å². The van der Waals surface area contributed by atoms with Crippen molar-refractivity contribution in [3.63, 3.8) is 0 Å². The van der Waals surface area contributed by atoms with Gasteiger partial charge in [-0.15, -0.1) is 6.42 Å². The molecule has 0 N–H and O–H groups in total. The monoisotopic (exact) mass is 321 g/mol. The molecule has 7 nitrogen and oxygen atoms in total. The number of para-hydroxylation sites is 1. The van der Waals surface area contributed by atoms with Gasteiger partial charge in [-0.2, -0.15) is 0 Å². The van der Waals surface area contributed by atoms with Crippen LogP contribution in [0.1, 0.15) is 0 Å². The number of terminal acetylenes is 1. The third kappa shape index (κ3) is 2.36. The molecule has 0 aliphatic carbocycles. The van der Waals surface area contributed by atoms with E-state index >= 15 is 0 Å². The Kier molecular flexibility index (Phi) is 3.72. The van der Waals surface area contributed by atoms with Gasteiger partial charge in [-0.1, -0.05) is 24.1 Å². The summed E-state index contributed by atoms with van der Waals surface area (Å²) in [6.45, 7) is -0.183. The van der Waals surface area contributed by atoms with Crippen molar-refractivity contribution < 1.29 is 4.92 Å². The third-order valence-corrected chi connectivity index (χ3v) is 3.59. The summed E-state index contributed by atoms with van der Waals surface area (Å²) in [4.78, 5) is 35.6. The van der Waals surface area contributed by atoms with Crippen molar-refractivity contribution in [2.24, 2.45) is 0 Å². The number of nitro benzene ring substituents is 1. The van der Waals surface area contributed by atoms with Crippen molar-refractivity contribution in [1.29, 1.82) is 0 Å². The number of hydrogen-bond donors (Lipinski definition) is 0. The standard InChI is InChI=1S/C17H11N3O4/c1-2-10-18-16(21)14-8-3-4-9-15(14)19(17(18)22)12-6-5-7-13(11-12)20(23)24/h1,3-9,11H,10H2. The largest absolute Gasteiger partial charge is 0.336 e. The van der Waals surface area contributed by atoms with Gasteiger partial charge in [0.15, 0.2) is 0 Å². The van der Waals surface area contributed by atoms with Gasteiger partial charge in [0, 0.05) is 12.1 Å². The second kappa shape index (κ2) is 5.85. The average Bonchev–Trinajstić information content (AvgIpc) is 2.59.